The molecule has 0 radical (unpaired) electrons. The monoisotopic (exact) mass is 438 g/mol. The minimum atomic E-state index is -1.69. The van der Waals surface area contributed by atoms with Crippen molar-refractivity contribution in [1.82, 2.24) is 19.7 Å². The molecule has 4 aromatic rings. The number of Topliss-reactive ketones (excluding diaryl/α,β-unsaturated/α-hetero) is 1. The van der Waals surface area contributed by atoms with Gasteiger partial charge in [-0.1, -0.05) is 18.2 Å². The number of fused-ring (bicyclic) bond motifs is 1. The van der Waals surface area contributed by atoms with E-state index in [2.05, 4.69) is 20.4 Å². The van der Waals surface area contributed by atoms with Crippen LogP contribution in [-0.4, -0.2) is 45.2 Å². The number of methoxy groups -OCH3 is 1. The topological polar surface area (TPSA) is 138 Å². The number of hydrogen-bond donors (Lipinski definition) is 2. The first kappa shape index (κ1) is 21.0. The summed E-state index contributed by atoms with van der Waals surface area (Å²) in [5.41, 5.74) is 4.38. The first-order chi connectivity index (χ1) is 15.4. The lowest BCUT2D eigenvalue weighted by Gasteiger charge is -2.28. The number of nitrogens with one attached hydrogen (secondary N) is 1. The molecule has 0 bridgehead atoms. The molecule has 0 saturated heterocycles. The average molecular weight is 438 g/mol. The van der Waals surface area contributed by atoms with Crippen molar-refractivity contribution in [3.63, 3.8) is 0 Å². The maximum Gasteiger partial charge on any atom is 0.338 e. The molecule has 0 fully saturated rings. The van der Waals surface area contributed by atoms with Crippen molar-refractivity contribution < 1.29 is 23.1 Å². The maximum absolute atomic E-state index is 14.7. The summed E-state index contributed by atoms with van der Waals surface area (Å²) in [7, 11) is 1.20. The molecule has 1 atom stereocenters. The van der Waals surface area contributed by atoms with Crippen molar-refractivity contribution in [3.8, 4) is 0 Å². The summed E-state index contributed by atoms with van der Waals surface area (Å²) in [5, 5.41) is 7.54. The number of nitrogens with two attached hydrogens (primary N) is 1. The van der Waals surface area contributed by atoms with Crippen molar-refractivity contribution in [2.75, 3.05) is 24.7 Å². The number of hydrogen-bond acceptors (Lipinski definition) is 9. The number of nitrogen functional groups attached to an aromatic ring is 1. The highest BCUT2D eigenvalue weighted by molar-refractivity contribution is 5.98. The SMILES string of the molecule is COC(=O)C(C)(c1ccccc1F)n1ncc2c(NCC(=O)c3ccco3)nc(N)nc21. The van der Waals surface area contributed by atoms with Crippen LogP contribution in [-0.2, 0) is 15.1 Å². The average Bonchev–Trinajstić information content (AvgIpc) is 3.47. The lowest BCUT2D eigenvalue weighted by atomic mass is 9.91. The Morgan fingerprint density at radius 2 is 2.03 bits per heavy atom. The molecule has 1 unspecified atom stereocenters. The standard InChI is InChI=1S/C21H19FN6O4/c1-21(19(30)31-2,13-6-3-4-7-14(13)22)28-18-12(10-25-28)17(26-20(23)27-18)24-11-15(29)16-8-5-9-32-16/h3-10H,11H2,1-2H3,(H3,23,24,26,27). The van der Waals surface area contributed by atoms with E-state index in [0.717, 1.165) is 0 Å². The van der Waals surface area contributed by atoms with Crippen molar-refractivity contribution in [3.05, 3.63) is 66.0 Å². The number of rotatable bonds is 7. The Labute approximate surface area is 181 Å². The Kier molecular flexibility index (Phi) is 5.31. The van der Waals surface area contributed by atoms with Crippen LogP contribution in [0.2, 0.25) is 0 Å². The van der Waals surface area contributed by atoms with Crippen LogP contribution in [0, 0.1) is 5.82 Å². The second-order valence-electron chi connectivity index (χ2n) is 7.02. The second-order valence-corrected chi connectivity index (χ2v) is 7.02. The minimum absolute atomic E-state index is 0.0385. The van der Waals surface area contributed by atoms with E-state index < -0.39 is 17.3 Å². The quantitative estimate of drug-likeness (QED) is 0.329. The number of nitrogens with zero attached hydrogens (tertiary/aromatic N) is 4. The van der Waals surface area contributed by atoms with E-state index in [-0.39, 0.29) is 41.1 Å². The summed E-state index contributed by atoms with van der Waals surface area (Å²) in [6, 6.07) is 8.96. The molecule has 11 heteroatoms. The predicted octanol–water partition coefficient (Wildman–Crippen LogP) is 2.37. The molecule has 0 saturated carbocycles. The highest BCUT2D eigenvalue weighted by Gasteiger charge is 2.43. The van der Waals surface area contributed by atoms with Gasteiger partial charge in [0.05, 0.1) is 31.5 Å². The Balaban J connectivity index is 1.80. The number of halogens is 1. The molecule has 4 rings (SSSR count). The fourth-order valence-electron chi connectivity index (χ4n) is 3.44. The fourth-order valence-corrected chi connectivity index (χ4v) is 3.44. The molecule has 0 amide bonds. The van der Waals surface area contributed by atoms with Gasteiger partial charge in [-0.15, -0.1) is 0 Å². The number of carbonyl (C=O) groups is 2. The number of carbonyl (C=O) groups excluding carboxylic acids is 2. The lowest BCUT2D eigenvalue weighted by Crippen LogP contribution is -2.42. The minimum Gasteiger partial charge on any atom is -0.467 e. The first-order valence-electron chi connectivity index (χ1n) is 9.52. The van der Waals surface area contributed by atoms with E-state index in [0.29, 0.717) is 5.39 Å². The zero-order chi connectivity index (χ0) is 22.9. The molecule has 32 heavy (non-hydrogen) atoms. The smallest absolute Gasteiger partial charge is 0.338 e. The number of benzene rings is 1. The van der Waals surface area contributed by atoms with Crippen molar-refractivity contribution >= 4 is 34.6 Å². The van der Waals surface area contributed by atoms with E-state index in [1.54, 1.807) is 18.2 Å². The second kappa shape index (κ2) is 8.10. The molecule has 0 aliphatic carbocycles. The summed E-state index contributed by atoms with van der Waals surface area (Å²) >= 11 is 0. The summed E-state index contributed by atoms with van der Waals surface area (Å²) in [4.78, 5) is 33.4. The van der Waals surface area contributed by atoms with Crippen LogP contribution in [0.1, 0.15) is 23.0 Å². The number of anilines is 2. The zero-order valence-corrected chi connectivity index (χ0v) is 17.2. The Morgan fingerprint density at radius 3 is 2.72 bits per heavy atom. The molecule has 10 nitrogen and oxygen atoms in total. The molecule has 3 heterocycles. The Bertz CT molecular complexity index is 1300. The molecular formula is C21H19FN6O4. The van der Waals surface area contributed by atoms with Crippen LogP contribution < -0.4 is 11.1 Å². The molecule has 3 N–H and O–H groups in total. The van der Waals surface area contributed by atoms with Crippen molar-refractivity contribution in [2.24, 2.45) is 0 Å². The summed E-state index contributed by atoms with van der Waals surface area (Å²) in [6.45, 7) is 1.33. The van der Waals surface area contributed by atoms with E-state index in [4.69, 9.17) is 14.9 Å². The highest BCUT2D eigenvalue weighted by Crippen LogP contribution is 2.33. The molecule has 0 aliphatic heterocycles. The lowest BCUT2D eigenvalue weighted by molar-refractivity contribution is -0.148. The van der Waals surface area contributed by atoms with E-state index in [1.165, 1.54) is 49.4 Å². The fraction of sp³-hybridized carbons (Fsp3) is 0.190. The normalized spacial score (nSPS) is 13.0. The summed E-state index contributed by atoms with van der Waals surface area (Å²) in [5.74, 6) is -1.41. The van der Waals surface area contributed by atoms with Gasteiger partial charge in [-0.2, -0.15) is 15.1 Å². The van der Waals surface area contributed by atoms with Gasteiger partial charge in [-0.3, -0.25) is 4.79 Å². The molecule has 0 aliphatic rings. The highest BCUT2D eigenvalue weighted by atomic mass is 19.1. The van der Waals surface area contributed by atoms with Gasteiger partial charge in [0.1, 0.15) is 11.6 Å². The van der Waals surface area contributed by atoms with Crippen LogP contribution in [0.3, 0.4) is 0 Å². The zero-order valence-electron chi connectivity index (χ0n) is 17.2. The number of ether oxygens (including phenoxy) is 1. The van der Waals surface area contributed by atoms with Gasteiger partial charge in [-0.05, 0) is 25.1 Å². The van der Waals surface area contributed by atoms with Gasteiger partial charge < -0.3 is 20.2 Å². The summed E-state index contributed by atoms with van der Waals surface area (Å²) < 4.78 is 26.0. The van der Waals surface area contributed by atoms with E-state index in [9.17, 15) is 14.0 Å². The third kappa shape index (κ3) is 3.43. The molecular weight excluding hydrogens is 419 g/mol. The number of aromatic nitrogens is 4. The van der Waals surface area contributed by atoms with Gasteiger partial charge in [0.25, 0.3) is 0 Å². The van der Waals surface area contributed by atoms with Crippen molar-refractivity contribution in [2.45, 2.75) is 12.5 Å². The Morgan fingerprint density at radius 1 is 1.25 bits per heavy atom. The van der Waals surface area contributed by atoms with Crippen LogP contribution in [0.25, 0.3) is 11.0 Å². The third-order valence-corrected chi connectivity index (χ3v) is 5.06. The van der Waals surface area contributed by atoms with Crippen LogP contribution >= 0.6 is 0 Å². The van der Waals surface area contributed by atoms with Gasteiger partial charge in [0.15, 0.2) is 16.9 Å². The van der Waals surface area contributed by atoms with Crippen LogP contribution in [0.4, 0.5) is 16.2 Å². The first-order valence-corrected chi connectivity index (χ1v) is 9.52. The third-order valence-electron chi connectivity index (χ3n) is 5.06. The van der Waals surface area contributed by atoms with Gasteiger partial charge in [-0.25, -0.2) is 13.9 Å². The Hall–Kier alpha value is -4.28. The maximum atomic E-state index is 14.7. The van der Waals surface area contributed by atoms with E-state index in [1.807, 2.05) is 0 Å². The van der Waals surface area contributed by atoms with E-state index >= 15 is 0 Å². The molecule has 164 valence electrons. The number of furan rings is 1. The van der Waals surface area contributed by atoms with Crippen molar-refractivity contribution in [1.29, 1.82) is 0 Å². The van der Waals surface area contributed by atoms with Gasteiger partial charge in [0.2, 0.25) is 11.7 Å². The number of ketones is 1. The summed E-state index contributed by atoms with van der Waals surface area (Å²) in [6.07, 6.45) is 2.80. The van der Waals surface area contributed by atoms with Crippen LogP contribution in [0.5, 0.6) is 0 Å². The number of esters is 1. The molecule has 3 aromatic heterocycles. The van der Waals surface area contributed by atoms with Crippen LogP contribution in [0.15, 0.2) is 53.3 Å². The van der Waals surface area contributed by atoms with Gasteiger partial charge >= 0.3 is 5.97 Å². The predicted molar refractivity (Wildman–Crippen MR) is 112 cm³/mol. The largest absolute Gasteiger partial charge is 0.467 e. The molecule has 1 aromatic carbocycles. The van der Waals surface area contributed by atoms with Gasteiger partial charge in [0, 0.05) is 5.56 Å². The molecule has 0 spiro atoms.